The zero-order valence-corrected chi connectivity index (χ0v) is 15.0. The number of amides is 1. The fourth-order valence-corrected chi connectivity index (χ4v) is 2.72. The summed E-state index contributed by atoms with van der Waals surface area (Å²) >= 11 is 0. The van der Waals surface area contributed by atoms with Crippen molar-refractivity contribution in [3.8, 4) is 17.2 Å². The van der Waals surface area contributed by atoms with Crippen LogP contribution in [0.4, 0.5) is 0 Å². The van der Waals surface area contributed by atoms with Crippen molar-refractivity contribution in [2.75, 3.05) is 13.8 Å². The number of fused-ring (bicyclic) bond motifs is 1. The maximum Gasteiger partial charge on any atom is 0.263 e. The molecule has 1 amide bonds. The van der Waals surface area contributed by atoms with Gasteiger partial charge in [0, 0.05) is 38.0 Å². The van der Waals surface area contributed by atoms with Gasteiger partial charge in [-0.25, -0.2) is 0 Å². The lowest BCUT2D eigenvalue weighted by Crippen LogP contribution is -2.37. The average Bonchev–Trinajstić information content (AvgIpc) is 3.20. The second kappa shape index (κ2) is 7.04. The standard InChI is InChI=1S/C18H23N3O4/c1-5-21-10-14(12(2)19-21)9-20(4)18(22)13(3)25-15-6-7-16-17(8-15)24-11-23-16/h6-8,10,13H,5,9,11H2,1-4H3. The summed E-state index contributed by atoms with van der Waals surface area (Å²) in [5, 5.41) is 4.41. The summed E-state index contributed by atoms with van der Waals surface area (Å²) in [6.45, 7) is 7.24. The number of hydrogen-bond donors (Lipinski definition) is 0. The van der Waals surface area contributed by atoms with E-state index in [4.69, 9.17) is 14.2 Å². The number of hydrogen-bond acceptors (Lipinski definition) is 5. The summed E-state index contributed by atoms with van der Waals surface area (Å²) in [6, 6.07) is 5.29. The van der Waals surface area contributed by atoms with Crippen LogP contribution < -0.4 is 14.2 Å². The Hall–Kier alpha value is -2.70. The van der Waals surface area contributed by atoms with E-state index in [-0.39, 0.29) is 12.7 Å². The van der Waals surface area contributed by atoms with Gasteiger partial charge in [-0.05, 0) is 32.9 Å². The number of benzene rings is 1. The number of ether oxygens (including phenoxy) is 3. The SMILES string of the molecule is CCn1cc(CN(C)C(=O)C(C)Oc2ccc3c(c2)OCO3)c(C)n1. The maximum absolute atomic E-state index is 12.6. The fourth-order valence-electron chi connectivity index (χ4n) is 2.72. The molecule has 1 aromatic heterocycles. The summed E-state index contributed by atoms with van der Waals surface area (Å²) < 4.78 is 18.2. The first-order valence-corrected chi connectivity index (χ1v) is 8.32. The molecule has 0 saturated carbocycles. The molecule has 0 aliphatic carbocycles. The average molecular weight is 345 g/mol. The topological polar surface area (TPSA) is 65.8 Å². The van der Waals surface area contributed by atoms with Gasteiger partial charge in [-0.1, -0.05) is 0 Å². The highest BCUT2D eigenvalue weighted by molar-refractivity contribution is 5.80. The molecular weight excluding hydrogens is 322 g/mol. The molecule has 3 rings (SSSR count). The lowest BCUT2D eigenvalue weighted by molar-refractivity contribution is -0.137. The van der Waals surface area contributed by atoms with E-state index in [0.717, 1.165) is 17.8 Å². The zero-order chi connectivity index (χ0) is 18.0. The molecule has 0 fully saturated rings. The Bertz CT molecular complexity index is 772. The van der Waals surface area contributed by atoms with Crippen molar-refractivity contribution in [2.24, 2.45) is 0 Å². The van der Waals surface area contributed by atoms with Gasteiger partial charge in [0.05, 0.1) is 5.69 Å². The van der Waals surface area contributed by atoms with Gasteiger partial charge in [-0.15, -0.1) is 0 Å². The van der Waals surface area contributed by atoms with E-state index in [1.807, 2.05) is 24.7 Å². The number of rotatable bonds is 6. The Morgan fingerprint density at radius 2 is 2.16 bits per heavy atom. The predicted octanol–water partition coefficient (Wildman–Crippen LogP) is 2.37. The Kier molecular flexibility index (Phi) is 4.83. The molecule has 1 unspecified atom stereocenters. The third kappa shape index (κ3) is 3.70. The second-order valence-corrected chi connectivity index (χ2v) is 6.06. The number of aromatic nitrogens is 2. The molecule has 7 heteroatoms. The van der Waals surface area contributed by atoms with Gasteiger partial charge in [0.2, 0.25) is 6.79 Å². The third-order valence-electron chi connectivity index (χ3n) is 4.16. The van der Waals surface area contributed by atoms with Crippen LogP contribution >= 0.6 is 0 Å². The molecule has 0 radical (unpaired) electrons. The van der Waals surface area contributed by atoms with E-state index in [0.29, 0.717) is 23.8 Å². The summed E-state index contributed by atoms with van der Waals surface area (Å²) in [6.07, 6.45) is 1.37. The molecule has 0 saturated heterocycles. The van der Waals surface area contributed by atoms with Gasteiger partial charge < -0.3 is 19.1 Å². The highest BCUT2D eigenvalue weighted by Crippen LogP contribution is 2.35. The Morgan fingerprint density at radius 3 is 2.88 bits per heavy atom. The van der Waals surface area contributed by atoms with E-state index < -0.39 is 6.10 Å². The van der Waals surface area contributed by atoms with E-state index in [2.05, 4.69) is 5.10 Å². The van der Waals surface area contributed by atoms with Crippen LogP contribution in [0.1, 0.15) is 25.1 Å². The van der Waals surface area contributed by atoms with Crippen LogP contribution in [0.25, 0.3) is 0 Å². The quantitative estimate of drug-likeness (QED) is 0.804. The van der Waals surface area contributed by atoms with Crippen LogP contribution in [-0.4, -0.2) is 40.5 Å². The molecular formula is C18H23N3O4. The summed E-state index contributed by atoms with van der Waals surface area (Å²) in [4.78, 5) is 14.2. The highest BCUT2D eigenvalue weighted by Gasteiger charge is 2.22. The van der Waals surface area contributed by atoms with Crippen molar-refractivity contribution in [3.63, 3.8) is 0 Å². The van der Waals surface area contributed by atoms with Crippen molar-refractivity contribution in [1.29, 1.82) is 0 Å². The highest BCUT2D eigenvalue weighted by atomic mass is 16.7. The van der Waals surface area contributed by atoms with E-state index in [9.17, 15) is 4.79 Å². The van der Waals surface area contributed by atoms with Crippen molar-refractivity contribution in [3.05, 3.63) is 35.7 Å². The molecule has 1 aliphatic rings. The summed E-state index contributed by atoms with van der Waals surface area (Å²) in [5.41, 5.74) is 1.97. The van der Waals surface area contributed by atoms with E-state index in [1.165, 1.54) is 0 Å². The lowest BCUT2D eigenvalue weighted by Gasteiger charge is -2.22. The molecule has 7 nitrogen and oxygen atoms in total. The Balaban J connectivity index is 1.62. The largest absolute Gasteiger partial charge is 0.481 e. The van der Waals surface area contributed by atoms with Crippen LogP contribution in [-0.2, 0) is 17.9 Å². The summed E-state index contributed by atoms with van der Waals surface area (Å²) in [7, 11) is 1.77. The molecule has 0 bridgehead atoms. The van der Waals surface area contributed by atoms with Crippen molar-refractivity contribution < 1.29 is 19.0 Å². The molecule has 1 aromatic carbocycles. The molecule has 2 aromatic rings. The fraction of sp³-hybridized carbons (Fsp3) is 0.444. The normalized spacial score (nSPS) is 13.6. The minimum Gasteiger partial charge on any atom is -0.481 e. The monoisotopic (exact) mass is 345 g/mol. The smallest absolute Gasteiger partial charge is 0.263 e. The first-order valence-electron chi connectivity index (χ1n) is 8.32. The van der Waals surface area contributed by atoms with E-state index in [1.54, 1.807) is 37.1 Å². The lowest BCUT2D eigenvalue weighted by atomic mass is 10.2. The van der Waals surface area contributed by atoms with Gasteiger partial charge in [0.25, 0.3) is 5.91 Å². The minimum absolute atomic E-state index is 0.0960. The molecule has 1 aliphatic heterocycles. The van der Waals surface area contributed by atoms with Gasteiger partial charge in [-0.3, -0.25) is 9.48 Å². The van der Waals surface area contributed by atoms with Crippen LogP contribution in [0.3, 0.4) is 0 Å². The number of nitrogens with zero attached hydrogens (tertiary/aromatic N) is 3. The molecule has 0 N–H and O–H groups in total. The zero-order valence-electron chi connectivity index (χ0n) is 15.0. The number of aryl methyl sites for hydroxylation is 2. The van der Waals surface area contributed by atoms with Crippen molar-refractivity contribution in [1.82, 2.24) is 14.7 Å². The Morgan fingerprint density at radius 1 is 1.40 bits per heavy atom. The number of likely N-dealkylation sites (N-methyl/N-ethyl adjacent to an activating group) is 1. The molecule has 25 heavy (non-hydrogen) atoms. The first kappa shape index (κ1) is 17.1. The Labute approximate surface area is 147 Å². The van der Waals surface area contributed by atoms with Gasteiger partial charge >= 0.3 is 0 Å². The van der Waals surface area contributed by atoms with Gasteiger partial charge in [0.15, 0.2) is 17.6 Å². The summed E-state index contributed by atoms with van der Waals surface area (Å²) in [5.74, 6) is 1.80. The minimum atomic E-state index is -0.605. The molecule has 1 atom stereocenters. The first-order chi connectivity index (χ1) is 12.0. The maximum atomic E-state index is 12.6. The number of carbonyl (C=O) groups excluding carboxylic acids is 1. The van der Waals surface area contributed by atoms with Crippen LogP contribution in [0.15, 0.2) is 24.4 Å². The van der Waals surface area contributed by atoms with Crippen molar-refractivity contribution >= 4 is 5.91 Å². The van der Waals surface area contributed by atoms with Crippen LogP contribution in [0.5, 0.6) is 17.2 Å². The molecule has 0 spiro atoms. The second-order valence-electron chi connectivity index (χ2n) is 6.06. The predicted molar refractivity (Wildman–Crippen MR) is 91.8 cm³/mol. The van der Waals surface area contributed by atoms with Gasteiger partial charge in [-0.2, -0.15) is 5.10 Å². The molecule has 2 heterocycles. The molecule has 134 valence electrons. The number of carbonyl (C=O) groups is 1. The third-order valence-corrected chi connectivity index (χ3v) is 4.16. The van der Waals surface area contributed by atoms with Gasteiger partial charge in [0.1, 0.15) is 5.75 Å². The van der Waals surface area contributed by atoms with Crippen molar-refractivity contribution in [2.45, 2.75) is 40.0 Å². The van der Waals surface area contributed by atoms with Crippen LogP contribution in [0.2, 0.25) is 0 Å². The van der Waals surface area contributed by atoms with E-state index >= 15 is 0 Å². The van der Waals surface area contributed by atoms with Crippen LogP contribution in [0, 0.1) is 6.92 Å².